The fourth-order valence-electron chi connectivity index (χ4n) is 2.55. The highest BCUT2D eigenvalue weighted by Gasteiger charge is 2.31. The molecule has 1 fully saturated rings. The second-order valence-corrected chi connectivity index (χ2v) is 5.68. The molecular formula is C14H18Cl2O3. The fourth-order valence-corrected chi connectivity index (χ4v) is 2.86. The average molecular weight is 305 g/mol. The van der Waals surface area contributed by atoms with Crippen LogP contribution in [0.25, 0.3) is 0 Å². The third-order valence-corrected chi connectivity index (χ3v) is 4.29. The number of benzene rings is 1. The zero-order valence-corrected chi connectivity index (χ0v) is 12.1. The molecule has 19 heavy (non-hydrogen) atoms. The van der Waals surface area contributed by atoms with Gasteiger partial charge in [0.2, 0.25) is 0 Å². The number of hydrogen-bond acceptors (Lipinski definition) is 3. The Labute approximate surface area is 123 Å². The SMILES string of the molecule is OC[C@@H](O)[C@@H]1OCCCC[C@H]1c1ccc(Cl)c(Cl)c1. The standard InChI is InChI=1S/C14H18Cl2O3/c15-11-5-4-9(7-12(11)16)10-3-1-2-6-19-14(10)13(18)8-17/h4-5,7,10,13-14,17-18H,1-3,6,8H2/t10-,13+,14+/m0/s1. The van der Waals surface area contributed by atoms with Crippen molar-refractivity contribution in [2.75, 3.05) is 13.2 Å². The fraction of sp³-hybridized carbons (Fsp3) is 0.571. The van der Waals surface area contributed by atoms with Crippen molar-refractivity contribution in [3.8, 4) is 0 Å². The first-order chi connectivity index (χ1) is 9.13. The van der Waals surface area contributed by atoms with Crippen molar-refractivity contribution in [2.45, 2.75) is 37.4 Å². The molecule has 0 radical (unpaired) electrons. The summed E-state index contributed by atoms with van der Waals surface area (Å²) in [5.41, 5.74) is 0.994. The molecule has 1 aliphatic rings. The molecule has 106 valence electrons. The van der Waals surface area contributed by atoms with Gasteiger partial charge in [-0.2, -0.15) is 0 Å². The molecule has 0 aromatic heterocycles. The van der Waals surface area contributed by atoms with Crippen molar-refractivity contribution in [2.24, 2.45) is 0 Å². The summed E-state index contributed by atoms with van der Waals surface area (Å²) in [5.74, 6) is 0.0272. The minimum atomic E-state index is -0.877. The predicted octanol–water partition coefficient (Wildman–Crippen LogP) is 3.00. The first kappa shape index (κ1) is 15.1. The zero-order valence-electron chi connectivity index (χ0n) is 10.6. The van der Waals surface area contributed by atoms with Gasteiger partial charge in [0, 0.05) is 12.5 Å². The highest BCUT2D eigenvalue weighted by Crippen LogP contribution is 2.35. The summed E-state index contributed by atoms with van der Waals surface area (Å²) in [6.07, 6.45) is 1.62. The van der Waals surface area contributed by atoms with E-state index in [1.165, 1.54) is 0 Å². The molecule has 5 heteroatoms. The monoisotopic (exact) mass is 304 g/mol. The molecule has 1 aliphatic heterocycles. The zero-order chi connectivity index (χ0) is 13.8. The number of halogens is 2. The van der Waals surface area contributed by atoms with Crippen LogP contribution < -0.4 is 0 Å². The maximum absolute atomic E-state index is 9.93. The van der Waals surface area contributed by atoms with Crippen LogP contribution in [0.2, 0.25) is 10.0 Å². The maximum Gasteiger partial charge on any atom is 0.104 e. The van der Waals surface area contributed by atoms with Gasteiger partial charge in [-0.3, -0.25) is 0 Å². The molecule has 1 aromatic carbocycles. The lowest BCUT2D eigenvalue weighted by Crippen LogP contribution is -2.36. The van der Waals surface area contributed by atoms with E-state index in [0.29, 0.717) is 16.7 Å². The summed E-state index contributed by atoms with van der Waals surface area (Å²) in [6.45, 7) is 0.308. The Morgan fingerprint density at radius 3 is 2.74 bits per heavy atom. The average Bonchev–Trinajstić information content (AvgIpc) is 2.66. The van der Waals surface area contributed by atoms with Crippen LogP contribution >= 0.6 is 23.2 Å². The van der Waals surface area contributed by atoms with Gasteiger partial charge in [0.1, 0.15) is 6.10 Å². The number of hydrogen-bond donors (Lipinski definition) is 2. The smallest absolute Gasteiger partial charge is 0.104 e. The van der Waals surface area contributed by atoms with Crippen LogP contribution in [0.5, 0.6) is 0 Å². The second kappa shape index (κ2) is 6.91. The molecule has 2 rings (SSSR count). The van der Waals surface area contributed by atoms with Crippen molar-refractivity contribution in [3.05, 3.63) is 33.8 Å². The van der Waals surface area contributed by atoms with E-state index in [4.69, 9.17) is 33.0 Å². The highest BCUT2D eigenvalue weighted by molar-refractivity contribution is 6.42. The largest absolute Gasteiger partial charge is 0.394 e. The van der Waals surface area contributed by atoms with Gasteiger partial charge in [-0.05, 0) is 30.5 Å². The van der Waals surface area contributed by atoms with Crippen LogP contribution in [0.1, 0.15) is 30.7 Å². The van der Waals surface area contributed by atoms with Gasteiger partial charge >= 0.3 is 0 Å². The molecule has 1 heterocycles. The molecule has 1 aromatic rings. The van der Waals surface area contributed by atoms with Crippen molar-refractivity contribution in [3.63, 3.8) is 0 Å². The van der Waals surface area contributed by atoms with E-state index in [1.807, 2.05) is 12.1 Å². The molecule has 2 N–H and O–H groups in total. The summed E-state index contributed by atoms with van der Waals surface area (Å²) >= 11 is 12.0. The van der Waals surface area contributed by atoms with Crippen molar-refractivity contribution in [1.29, 1.82) is 0 Å². The van der Waals surface area contributed by atoms with Gasteiger partial charge in [0.15, 0.2) is 0 Å². The van der Waals surface area contributed by atoms with Gasteiger partial charge in [0.05, 0.1) is 22.8 Å². The normalized spacial score (nSPS) is 25.9. The Kier molecular flexibility index (Phi) is 5.48. The van der Waals surface area contributed by atoms with E-state index < -0.39 is 12.2 Å². The molecular weight excluding hydrogens is 287 g/mol. The summed E-state index contributed by atoms with van der Waals surface area (Å²) in [6, 6.07) is 5.48. The molecule has 0 unspecified atom stereocenters. The lowest BCUT2D eigenvalue weighted by atomic mass is 9.87. The van der Waals surface area contributed by atoms with Crippen LogP contribution in [-0.2, 0) is 4.74 Å². The van der Waals surface area contributed by atoms with Crippen LogP contribution in [-0.4, -0.2) is 35.6 Å². The lowest BCUT2D eigenvalue weighted by Gasteiger charge is -2.28. The quantitative estimate of drug-likeness (QED) is 0.902. The Hall–Kier alpha value is -0.320. The van der Waals surface area contributed by atoms with Crippen LogP contribution in [0, 0.1) is 0 Å². The van der Waals surface area contributed by atoms with E-state index >= 15 is 0 Å². The van der Waals surface area contributed by atoms with Crippen LogP contribution in [0.3, 0.4) is 0 Å². The van der Waals surface area contributed by atoms with Crippen LogP contribution in [0.4, 0.5) is 0 Å². The Morgan fingerprint density at radius 2 is 2.05 bits per heavy atom. The van der Waals surface area contributed by atoms with E-state index in [-0.39, 0.29) is 12.5 Å². The maximum atomic E-state index is 9.93. The summed E-state index contributed by atoms with van der Waals surface area (Å²) in [5, 5.41) is 20.1. The summed E-state index contributed by atoms with van der Waals surface area (Å²) in [4.78, 5) is 0. The molecule has 0 saturated carbocycles. The Balaban J connectivity index is 2.28. The van der Waals surface area contributed by atoms with E-state index in [2.05, 4.69) is 0 Å². The first-order valence-corrected chi connectivity index (χ1v) is 7.24. The Bertz CT molecular complexity index is 425. The predicted molar refractivity (Wildman–Crippen MR) is 75.9 cm³/mol. The Morgan fingerprint density at radius 1 is 1.26 bits per heavy atom. The minimum absolute atomic E-state index is 0.0272. The van der Waals surface area contributed by atoms with E-state index in [0.717, 1.165) is 24.8 Å². The molecule has 0 amide bonds. The summed E-state index contributed by atoms with van der Waals surface area (Å²) in [7, 11) is 0. The van der Waals surface area contributed by atoms with Gasteiger partial charge in [-0.1, -0.05) is 35.7 Å². The third-order valence-electron chi connectivity index (χ3n) is 3.55. The van der Waals surface area contributed by atoms with Gasteiger partial charge in [-0.25, -0.2) is 0 Å². The van der Waals surface area contributed by atoms with Gasteiger partial charge in [0.25, 0.3) is 0 Å². The number of ether oxygens (including phenoxy) is 1. The molecule has 3 atom stereocenters. The number of aliphatic hydroxyl groups excluding tert-OH is 2. The molecule has 1 saturated heterocycles. The van der Waals surface area contributed by atoms with Gasteiger partial charge in [-0.15, -0.1) is 0 Å². The van der Waals surface area contributed by atoms with Crippen molar-refractivity contribution in [1.82, 2.24) is 0 Å². The van der Waals surface area contributed by atoms with Crippen molar-refractivity contribution < 1.29 is 14.9 Å². The van der Waals surface area contributed by atoms with Crippen molar-refractivity contribution >= 4 is 23.2 Å². The van der Waals surface area contributed by atoms with E-state index in [9.17, 15) is 5.11 Å². The molecule has 0 spiro atoms. The first-order valence-electron chi connectivity index (χ1n) is 6.49. The number of rotatable bonds is 3. The highest BCUT2D eigenvalue weighted by atomic mass is 35.5. The topological polar surface area (TPSA) is 49.7 Å². The lowest BCUT2D eigenvalue weighted by molar-refractivity contribution is -0.0641. The molecule has 0 bridgehead atoms. The molecule has 0 aliphatic carbocycles. The third kappa shape index (κ3) is 3.61. The van der Waals surface area contributed by atoms with E-state index in [1.54, 1.807) is 6.07 Å². The second-order valence-electron chi connectivity index (χ2n) is 4.86. The molecule has 3 nitrogen and oxygen atoms in total. The minimum Gasteiger partial charge on any atom is -0.394 e. The number of aliphatic hydroxyl groups is 2. The van der Waals surface area contributed by atoms with Gasteiger partial charge < -0.3 is 14.9 Å². The summed E-state index contributed by atoms with van der Waals surface area (Å²) < 4.78 is 5.71. The van der Waals surface area contributed by atoms with Crippen LogP contribution in [0.15, 0.2) is 18.2 Å².